The molecule has 2 nitrogen and oxygen atoms in total. The zero-order valence-corrected chi connectivity index (χ0v) is 21.0. The van der Waals surface area contributed by atoms with Crippen molar-refractivity contribution in [3.63, 3.8) is 0 Å². The first-order valence-electron chi connectivity index (χ1n) is 9.12. The molecule has 3 rings (SSSR count). The maximum absolute atomic E-state index is 14.2. The fourth-order valence-corrected chi connectivity index (χ4v) is 20.5. The van der Waals surface area contributed by atoms with Crippen LogP contribution in [0.3, 0.4) is 0 Å². The van der Waals surface area contributed by atoms with Gasteiger partial charge in [-0.1, -0.05) is 0 Å². The van der Waals surface area contributed by atoms with Crippen molar-refractivity contribution >= 4 is 33.6 Å². The van der Waals surface area contributed by atoms with Gasteiger partial charge in [0.25, 0.3) is 0 Å². The van der Waals surface area contributed by atoms with Crippen molar-refractivity contribution in [2.75, 3.05) is 6.61 Å². The number of hydrogen-bond donors (Lipinski definition) is 0. The number of rotatable bonds is 6. The molecule has 0 N–H and O–H groups in total. The SMILES string of the molecule is C[SiH](CCO[Si](C)(C)C)[Ti](=[O])([Cl])([Cl])[CH]1c2ccccc2-c2ccccc21. The molecule has 0 fully saturated rings. The molecule has 0 amide bonds. The third-order valence-electron chi connectivity index (χ3n) is 5.28. The van der Waals surface area contributed by atoms with E-state index in [4.69, 9.17) is 23.0 Å². The molecule has 0 bridgehead atoms. The number of benzene rings is 2. The van der Waals surface area contributed by atoms with E-state index in [9.17, 15) is 3.32 Å². The van der Waals surface area contributed by atoms with Crippen molar-refractivity contribution in [2.24, 2.45) is 0 Å². The van der Waals surface area contributed by atoms with Crippen LogP contribution in [0.15, 0.2) is 48.5 Å². The van der Waals surface area contributed by atoms with E-state index in [1.165, 1.54) is 0 Å². The molecule has 0 aliphatic heterocycles. The molecule has 1 aliphatic carbocycles. The van der Waals surface area contributed by atoms with E-state index in [0.717, 1.165) is 28.3 Å². The number of hydrogen-bond acceptors (Lipinski definition) is 2. The molecule has 0 saturated carbocycles. The third kappa shape index (κ3) is 3.88. The van der Waals surface area contributed by atoms with Gasteiger partial charge < -0.3 is 0 Å². The zero-order chi connectivity index (χ0) is 19.2. The first kappa shape index (κ1) is 20.7. The van der Waals surface area contributed by atoms with E-state index >= 15 is 0 Å². The summed E-state index contributed by atoms with van der Waals surface area (Å²) in [6.07, 6.45) is 0. The van der Waals surface area contributed by atoms with Crippen molar-refractivity contribution in [3.05, 3.63) is 59.7 Å². The average Bonchev–Trinajstić information content (AvgIpc) is 2.89. The van der Waals surface area contributed by atoms with Crippen LogP contribution >= 0.6 is 18.6 Å². The molecule has 7 heteroatoms. The quantitative estimate of drug-likeness (QED) is 0.472. The summed E-state index contributed by atoms with van der Waals surface area (Å²) in [7, 11) is 12.3. The second-order valence-corrected chi connectivity index (χ2v) is 39.0. The Kier molecular flexibility index (Phi) is 5.62. The van der Waals surface area contributed by atoms with Gasteiger partial charge in [-0.15, -0.1) is 0 Å². The Bertz CT molecular complexity index is 844. The summed E-state index contributed by atoms with van der Waals surface area (Å²) in [5.41, 5.74) is 4.27. The Labute approximate surface area is 166 Å². The van der Waals surface area contributed by atoms with Gasteiger partial charge in [0.15, 0.2) is 0 Å². The van der Waals surface area contributed by atoms with Crippen LogP contribution in [0.2, 0.25) is 32.2 Å². The van der Waals surface area contributed by atoms with E-state index in [0.29, 0.717) is 6.61 Å². The topological polar surface area (TPSA) is 26.3 Å². The molecule has 140 valence electrons. The standard InChI is InChI=1S/C13H9.C6H17OSi2.2ClH.O.Ti/c1-3-7-12-10(5-1)9-11-6-2-4-8-13(11)12;1-8-6-5-7-9(2,3)4;;;;/h1-9H;8H,5-6H2,1-4H3;2*1H;;/q;;;;;+2/p-2. The van der Waals surface area contributed by atoms with Crippen LogP contribution in [0.5, 0.6) is 0 Å². The van der Waals surface area contributed by atoms with E-state index in [-0.39, 0.29) is 4.22 Å². The van der Waals surface area contributed by atoms with Gasteiger partial charge in [0, 0.05) is 0 Å². The second-order valence-electron chi connectivity index (χ2n) is 8.32. The molecule has 0 radical (unpaired) electrons. The van der Waals surface area contributed by atoms with Crippen LogP contribution in [0.25, 0.3) is 11.1 Å². The molecular formula is C19H26Cl2O2Si2Ti. The molecule has 1 aliphatic rings. The summed E-state index contributed by atoms with van der Waals surface area (Å²) in [5.74, 6) is 0. The molecule has 1 unspecified atom stereocenters. The van der Waals surface area contributed by atoms with Crippen LogP contribution in [0, 0.1) is 0 Å². The van der Waals surface area contributed by atoms with E-state index in [2.05, 4.69) is 38.3 Å². The van der Waals surface area contributed by atoms with Crippen LogP contribution in [-0.4, -0.2) is 21.6 Å². The molecule has 2 aromatic rings. The molecular weight excluding hydrogens is 435 g/mol. The number of halogens is 2. The maximum atomic E-state index is 14.2. The Hall–Kier alpha value is -0.0719. The van der Waals surface area contributed by atoms with E-state index < -0.39 is 27.4 Å². The van der Waals surface area contributed by atoms with Crippen LogP contribution in [0.1, 0.15) is 15.3 Å². The van der Waals surface area contributed by atoms with Crippen molar-refractivity contribution in [2.45, 2.75) is 36.5 Å². The molecule has 0 spiro atoms. The minimum absolute atomic E-state index is 0.365. The Balaban J connectivity index is 1.99. The van der Waals surface area contributed by atoms with Gasteiger partial charge in [-0.25, -0.2) is 0 Å². The summed E-state index contributed by atoms with van der Waals surface area (Å²) < 4.78 is 19.8. The van der Waals surface area contributed by atoms with Gasteiger partial charge in [0.05, 0.1) is 0 Å². The summed E-state index contributed by atoms with van der Waals surface area (Å²) >= 11 is -5.02. The molecule has 0 heterocycles. The van der Waals surface area contributed by atoms with Crippen LogP contribution in [-0.2, 0) is 20.2 Å². The second kappa shape index (κ2) is 7.07. The normalized spacial score (nSPS) is 16.3. The van der Waals surface area contributed by atoms with Gasteiger partial charge >= 0.3 is 168 Å². The van der Waals surface area contributed by atoms with Crippen molar-refractivity contribution in [1.82, 2.24) is 0 Å². The first-order valence-corrected chi connectivity index (χ1v) is 23.6. The third-order valence-corrected chi connectivity index (χ3v) is 33.5. The molecule has 0 aromatic heterocycles. The molecule has 1 atom stereocenters. The molecule has 0 saturated heterocycles. The fourth-order valence-electron chi connectivity index (χ4n) is 3.77. The first-order chi connectivity index (χ1) is 12.0. The predicted molar refractivity (Wildman–Crippen MR) is 113 cm³/mol. The van der Waals surface area contributed by atoms with Crippen molar-refractivity contribution in [3.8, 4) is 11.1 Å². The van der Waals surface area contributed by atoms with E-state index in [1.54, 1.807) is 0 Å². The van der Waals surface area contributed by atoms with Gasteiger partial charge in [-0.3, -0.25) is 0 Å². The Morgan fingerprint density at radius 2 is 1.46 bits per heavy atom. The number of fused-ring (bicyclic) bond motifs is 3. The van der Waals surface area contributed by atoms with Gasteiger partial charge in [0.2, 0.25) is 0 Å². The van der Waals surface area contributed by atoms with Crippen LogP contribution in [0.4, 0.5) is 0 Å². The van der Waals surface area contributed by atoms with Crippen molar-refractivity contribution < 1.29 is 20.2 Å². The Morgan fingerprint density at radius 3 is 1.92 bits per heavy atom. The minimum atomic E-state index is -5.02. The van der Waals surface area contributed by atoms with Gasteiger partial charge in [0.1, 0.15) is 0 Å². The summed E-state index contributed by atoms with van der Waals surface area (Å²) in [5, 5.41) is 0. The monoisotopic (exact) mass is 460 g/mol. The zero-order valence-electron chi connectivity index (χ0n) is 15.8. The van der Waals surface area contributed by atoms with Gasteiger partial charge in [-0.05, 0) is 0 Å². The van der Waals surface area contributed by atoms with Crippen molar-refractivity contribution in [1.29, 1.82) is 0 Å². The summed E-state index contributed by atoms with van der Waals surface area (Å²) in [6, 6.07) is 16.9. The fraction of sp³-hybridized carbons (Fsp3) is 0.368. The van der Waals surface area contributed by atoms with Crippen LogP contribution < -0.4 is 0 Å². The summed E-state index contributed by atoms with van der Waals surface area (Å²) in [6.45, 7) is 7.22. The molecule has 2 aromatic carbocycles. The predicted octanol–water partition coefficient (Wildman–Crippen LogP) is 6.30. The Morgan fingerprint density at radius 1 is 1.00 bits per heavy atom. The van der Waals surface area contributed by atoms with Gasteiger partial charge in [-0.2, -0.15) is 0 Å². The molecule has 26 heavy (non-hydrogen) atoms. The summed E-state index contributed by atoms with van der Waals surface area (Å²) in [4.78, 5) is 0. The average molecular weight is 461 g/mol. The van der Waals surface area contributed by atoms with E-state index in [1.807, 2.05) is 36.4 Å².